The van der Waals surface area contributed by atoms with Gasteiger partial charge in [0.15, 0.2) is 0 Å². The largest absolute Gasteiger partial charge is 0.396 e. The molecule has 0 aromatic heterocycles. The molecule has 0 aromatic carbocycles. The van der Waals surface area contributed by atoms with E-state index in [1.807, 2.05) is 0 Å². The Kier molecular flexibility index (Phi) is 6.84. The Labute approximate surface area is 75.4 Å². The molecular weight excluding hydrogens is 150 g/mol. The molecule has 0 bridgehead atoms. The van der Waals surface area contributed by atoms with Crippen molar-refractivity contribution in [3.05, 3.63) is 0 Å². The highest BCUT2D eigenvalue weighted by Crippen LogP contribution is 1.98. The van der Waals surface area contributed by atoms with Gasteiger partial charge in [-0.25, -0.2) is 0 Å². The molecule has 0 aliphatic carbocycles. The maximum Gasteiger partial charge on any atom is 0.0686 e. The SMILES string of the molecule is C#CC(CC)NC(C)CCCO. The zero-order chi connectivity index (χ0) is 9.40. The molecule has 0 aliphatic rings. The molecular formula is C10H19NO. The van der Waals surface area contributed by atoms with Crippen LogP contribution in [-0.4, -0.2) is 23.8 Å². The minimum absolute atomic E-state index is 0.179. The molecule has 2 atom stereocenters. The van der Waals surface area contributed by atoms with Gasteiger partial charge in [-0.2, -0.15) is 0 Å². The van der Waals surface area contributed by atoms with E-state index in [-0.39, 0.29) is 12.6 Å². The third-order valence-electron chi connectivity index (χ3n) is 1.89. The van der Waals surface area contributed by atoms with Gasteiger partial charge in [0.05, 0.1) is 6.04 Å². The van der Waals surface area contributed by atoms with Gasteiger partial charge in [0.25, 0.3) is 0 Å². The van der Waals surface area contributed by atoms with E-state index in [2.05, 4.69) is 25.1 Å². The summed E-state index contributed by atoms with van der Waals surface area (Å²) in [4.78, 5) is 0. The molecule has 0 saturated carbocycles. The predicted octanol–water partition coefficient (Wildman–Crippen LogP) is 1.15. The van der Waals surface area contributed by atoms with Crippen LogP contribution in [-0.2, 0) is 0 Å². The molecule has 2 nitrogen and oxygen atoms in total. The first kappa shape index (κ1) is 11.5. The van der Waals surface area contributed by atoms with Crippen LogP contribution in [0.1, 0.15) is 33.1 Å². The maximum atomic E-state index is 8.60. The first-order valence-corrected chi connectivity index (χ1v) is 4.57. The summed E-state index contributed by atoms with van der Waals surface area (Å²) in [6.07, 6.45) is 8.08. The number of rotatable bonds is 6. The van der Waals surface area contributed by atoms with Gasteiger partial charge in [-0.3, -0.25) is 0 Å². The third-order valence-corrected chi connectivity index (χ3v) is 1.89. The number of nitrogens with one attached hydrogen (secondary N) is 1. The average molecular weight is 169 g/mol. The first-order chi connectivity index (χ1) is 5.74. The Balaban J connectivity index is 3.53. The second-order valence-electron chi connectivity index (χ2n) is 3.06. The highest BCUT2D eigenvalue weighted by atomic mass is 16.2. The van der Waals surface area contributed by atoms with Crippen molar-refractivity contribution in [2.75, 3.05) is 6.61 Å². The minimum Gasteiger partial charge on any atom is -0.396 e. The van der Waals surface area contributed by atoms with E-state index in [0.717, 1.165) is 19.3 Å². The molecule has 70 valence electrons. The molecule has 0 heterocycles. The molecule has 2 unspecified atom stereocenters. The lowest BCUT2D eigenvalue weighted by Gasteiger charge is -2.17. The van der Waals surface area contributed by atoms with Crippen LogP contribution < -0.4 is 5.32 Å². The molecule has 12 heavy (non-hydrogen) atoms. The highest BCUT2D eigenvalue weighted by molar-refractivity contribution is 4.98. The monoisotopic (exact) mass is 169 g/mol. The zero-order valence-corrected chi connectivity index (χ0v) is 8.01. The molecule has 0 aromatic rings. The van der Waals surface area contributed by atoms with Crippen LogP contribution in [0.15, 0.2) is 0 Å². The molecule has 0 radical (unpaired) electrons. The fourth-order valence-electron chi connectivity index (χ4n) is 1.11. The van der Waals surface area contributed by atoms with Gasteiger partial charge >= 0.3 is 0 Å². The van der Waals surface area contributed by atoms with Crippen LogP contribution in [0.25, 0.3) is 0 Å². The molecule has 2 N–H and O–H groups in total. The maximum absolute atomic E-state index is 8.60. The summed E-state index contributed by atoms with van der Waals surface area (Å²) in [7, 11) is 0. The molecule has 0 spiro atoms. The average Bonchev–Trinajstić information content (AvgIpc) is 2.10. The van der Waals surface area contributed by atoms with E-state index in [4.69, 9.17) is 11.5 Å². The second kappa shape index (κ2) is 7.15. The standard InChI is InChI=1S/C10H19NO/c1-4-10(5-2)11-9(3)7-6-8-12/h1,9-12H,5-8H2,2-3H3. The summed E-state index contributed by atoms with van der Waals surface area (Å²) >= 11 is 0. The van der Waals surface area contributed by atoms with Gasteiger partial charge in [0, 0.05) is 12.6 Å². The van der Waals surface area contributed by atoms with E-state index in [1.165, 1.54) is 0 Å². The van der Waals surface area contributed by atoms with E-state index in [1.54, 1.807) is 0 Å². The molecule has 0 fully saturated rings. The zero-order valence-electron chi connectivity index (χ0n) is 8.01. The van der Waals surface area contributed by atoms with Gasteiger partial charge in [-0.1, -0.05) is 12.8 Å². The van der Waals surface area contributed by atoms with Crippen molar-refractivity contribution >= 4 is 0 Å². The van der Waals surface area contributed by atoms with E-state index >= 15 is 0 Å². The van der Waals surface area contributed by atoms with Gasteiger partial charge in [0.2, 0.25) is 0 Å². The van der Waals surface area contributed by atoms with Crippen molar-refractivity contribution in [3.8, 4) is 12.3 Å². The van der Waals surface area contributed by atoms with Gasteiger partial charge in [0.1, 0.15) is 0 Å². The Hall–Kier alpha value is -0.520. The first-order valence-electron chi connectivity index (χ1n) is 4.57. The van der Waals surface area contributed by atoms with Crippen LogP contribution in [0.2, 0.25) is 0 Å². The molecule has 0 saturated heterocycles. The third kappa shape index (κ3) is 5.17. The predicted molar refractivity (Wildman–Crippen MR) is 51.8 cm³/mol. The Morgan fingerprint density at radius 1 is 1.58 bits per heavy atom. The molecule has 0 amide bonds. The number of aliphatic hydroxyl groups is 1. The molecule has 2 heteroatoms. The van der Waals surface area contributed by atoms with Crippen LogP contribution in [0.3, 0.4) is 0 Å². The summed E-state index contributed by atoms with van der Waals surface area (Å²) < 4.78 is 0. The van der Waals surface area contributed by atoms with Crippen molar-refractivity contribution in [2.24, 2.45) is 0 Å². The lowest BCUT2D eigenvalue weighted by Crippen LogP contribution is -2.35. The molecule has 0 aliphatic heterocycles. The van der Waals surface area contributed by atoms with E-state index < -0.39 is 0 Å². The van der Waals surface area contributed by atoms with Crippen molar-refractivity contribution in [3.63, 3.8) is 0 Å². The van der Waals surface area contributed by atoms with Crippen LogP contribution >= 0.6 is 0 Å². The van der Waals surface area contributed by atoms with Gasteiger partial charge < -0.3 is 10.4 Å². The summed E-state index contributed by atoms with van der Waals surface area (Å²) in [5.74, 6) is 2.69. The van der Waals surface area contributed by atoms with Gasteiger partial charge in [-0.15, -0.1) is 6.42 Å². The quantitative estimate of drug-likeness (QED) is 0.585. The van der Waals surface area contributed by atoms with Crippen molar-refractivity contribution in [1.29, 1.82) is 0 Å². The van der Waals surface area contributed by atoms with Crippen molar-refractivity contribution in [1.82, 2.24) is 5.32 Å². The smallest absolute Gasteiger partial charge is 0.0686 e. The van der Waals surface area contributed by atoms with Gasteiger partial charge in [-0.05, 0) is 26.2 Å². The summed E-state index contributed by atoms with van der Waals surface area (Å²) in [6, 6.07) is 0.580. The lowest BCUT2D eigenvalue weighted by molar-refractivity contribution is 0.275. The van der Waals surface area contributed by atoms with E-state index in [0.29, 0.717) is 6.04 Å². The van der Waals surface area contributed by atoms with Crippen LogP contribution in [0, 0.1) is 12.3 Å². The Bertz CT molecular complexity index is 139. The molecule has 0 rings (SSSR count). The highest BCUT2D eigenvalue weighted by Gasteiger charge is 2.05. The Morgan fingerprint density at radius 2 is 2.25 bits per heavy atom. The van der Waals surface area contributed by atoms with Crippen molar-refractivity contribution in [2.45, 2.75) is 45.2 Å². The topological polar surface area (TPSA) is 32.3 Å². The van der Waals surface area contributed by atoms with Crippen LogP contribution in [0.5, 0.6) is 0 Å². The fourth-order valence-corrected chi connectivity index (χ4v) is 1.11. The summed E-state index contributed by atoms with van der Waals surface area (Å²) in [5.41, 5.74) is 0. The minimum atomic E-state index is 0.179. The summed E-state index contributed by atoms with van der Waals surface area (Å²) in [6.45, 7) is 4.42. The number of hydrogen-bond donors (Lipinski definition) is 2. The number of aliphatic hydroxyl groups excluding tert-OH is 1. The number of hydrogen-bond acceptors (Lipinski definition) is 2. The van der Waals surface area contributed by atoms with Crippen LogP contribution in [0.4, 0.5) is 0 Å². The second-order valence-corrected chi connectivity index (χ2v) is 3.06. The lowest BCUT2D eigenvalue weighted by atomic mass is 10.1. The summed E-state index contributed by atoms with van der Waals surface area (Å²) in [5, 5.41) is 11.9. The Morgan fingerprint density at radius 3 is 2.67 bits per heavy atom. The van der Waals surface area contributed by atoms with E-state index in [9.17, 15) is 0 Å². The van der Waals surface area contributed by atoms with Crippen molar-refractivity contribution < 1.29 is 5.11 Å². The number of terminal acetylenes is 1. The normalized spacial score (nSPS) is 15.2. The fraction of sp³-hybridized carbons (Fsp3) is 0.800.